The Bertz CT molecular complexity index is 115. The first-order valence-electron chi connectivity index (χ1n) is 3.45. The quantitative estimate of drug-likeness (QED) is 0.614. The Hall–Kier alpha value is -0.830. The van der Waals surface area contributed by atoms with Crippen LogP contribution in [-0.2, 0) is 4.79 Å². The van der Waals surface area contributed by atoms with Crippen LogP contribution in [0.5, 0.6) is 0 Å². The second-order valence-electron chi connectivity index (χ2n) is 2.30. The van der Waals surface area contributed by atoms with E-state index in [-0.39, 0.29) is 6.61 Å². The van der Waals surface area contributed by atoms with E-state index >= 15 is 0 Å². The fourth-order valence-electron chi connectivity index (χ4n) is 0.381. The SMILES string of the molecule is C=C(C)CCCO.CC(=O)O. The van der Waals surface area contributed by atoms with Gasteiger partial charge in [0.05, 0.1) is 0 Å². The number of hydrogen-bond donors (Lipinski definition) is 2. The molecule has 2 N–H and O–H groups in total. The average molecular weight is 160 g/mol. The summed E-state index contributed by atoms with van der Waals surface area (Å²) in [4.78, 5) is 9.00. The van der Waals surface area contributed by atoms with Crippen LogP contribution in [0.15, 0.2) is 12.2 Å². The van der Waals surface area contributed by atoms with Gasteiger partial charge in [0.1, 0.15) is 0 Å². The Morgan fingerprint density at radius 1 is 1.45 bits per heavy atom. The third kappa shape index (κ3) is 46.9. The first-order valence-corrected chi connectivity index (χ1v) is 3.45. The van der Waals surface area contributed by atoms with Gasteiger partial charge in [-0.3, -0.25) is 4.79 Å². The van der Waals surface area contributed by atoms with Crippen molar-refractivity contribution in [2.45, 2.75) is 26.7 Å². The molecule has 0 aromatic rings. The van der Waals surface area contributed by atoms with Crippen molar-refractivity contribution < 1.29 is 15.0 Å². The molecule has 3 heteroatoms. The minimum atomic E-state index is -0.833. The molecule has 0 heterocycles. The second kappa shape index (κ2) is 9.17. The zero-order valence-electron chi connectivity index (χ0n) is 7.13. The van der Waals surface area contributed by atoms with Gasteiger partial charge in [-0.25, -0.2) is 0 Å². The van der Waals surface area contributed by atoms with Crippen molar-refractivity contribution in [3.8, 4) is 0 Å². The number of aliphatic carboxylic acids is 1. The van der Waals surface area contributed by atoms with Gasteiger partial charge in [0.2, 0.25) is 0 Å². The molecule has 0 rings (SSSR count). The molecule has 0 amide bonds. The molecule has 0 bridgehead atoms. The van der Waals surface area contributed by atoms with Gasteiger partial charge in [-0.2, -0.15) is 0 Å². The van der Waals surface area contributed by atoms with Crippen molar-refractivity contribution in [3.05, 3.63) is 12.2 Å². The molecule has 0 radical (unpaired) electrons. The molecule has 0 atom stereocenters. The maximum atomic E-state index is 9.00. The van der Waals surface area contributed by atoms with Crippen LogP contribution in [0.25, 0.3) is 0 Å². The summed E-state index contributed by atoms with van der Waals surface area (Å²) in [6.45, 7) is 7.02. The molecule has 0 spiro atoms. The predicted octanol–water partition coefficient (Wildman–Crippen LogP) is 1.43. The standard InChI is InChI=1S/C6H12O.C2H4O2/c1-6(2)4-3-5-7;1-2(3)4/h7H,1,3-5H2,2H3;1H3,(H,3,4). The van der Waals surface area contributed by atoms with Gasteiger partial charge in [0.15, 0.2) is 0 Å². The first kappa shape index (κ1) is 12.8. The van der Waals surface area contributed by atoms with Crippen molar-refractivity contribution in [1.82, 2.24) is 0 Å². The maximum absolute atomic E-state index is 9.00. The predicted molar refractivity (Wildman–Crippen MR) is 44.4 cm³/mol. The fourth-order valence-corrected chi connectivity index (χ4v) is 0.381. The summed E-state index contributed by atoms with van der Waals surface area (Å²) < 4.78 is 0. The zero-order valence-corrected chi connectivity index (χ0v) is 7.13. The maximum Gasteiger partial charge on any atom is 0.300 e. The van der Waals surface area contributed by atoms with Gasteiger partial charge in [-0.15, -0.1) is 6.58 Å². The Morgan fingerprint density at radius 2 is 1.82 bits per heavy atom. The van der Waals surface area contributed by atoms with E-state index in [1.54, 1.807) is 0 Å². The number of carboxylic acid groups (broad SMARTS) is 1. The molecule has 0 aliphatic carbocycles. The highest BCUT2D eigenvalue weighted by atomic mass is 16.4. The van der Waals surface area contributed by atoms with E-state index in [1.807, 2.05) is 6.92 Å². The summed E-state index contributed by atoms with van der Waals surface area (Å²) >= 11 is 0. The normalized spacial score (nSPS) is 7.91. The van der Waals surface area contributed by atoms with Crippen LogP contribution in [0.2, 0.25) is 0 Å². The molecule has 0 aliphatic heterocycles. The van der Waals surface area contributed by atoms with Gasteiger partial charge in [-0.05, 0) is 19.8 Å². The van der Waals surface area contributed by atoms with Crippen molar-refractivity contribution in [1.29, 1.82) is 0 Å². The van der Waals surface area contributed by atoms with Gasteiger partial charge in [0.25, 0.3) is 5.97 Å². The van der Waals surface area contributed by atoms with Crippen molar-refractivity contribution in [2.75, 3.05) is 6.61 Å². The lowest BCUT2D eigenvalue weighted by atomic mass is 10.2. The number of aliphatic hydroxyl groups excluding tert-OH is 1. The third-order valence-electron chi connectivity index (χ3n) is 0.762. The van der Waals surface area contributed by atoms with Crippen molar-refractivity contribution >= 4 is 5.97 Å². The summed E-state index contributed by atoms with van der Waals surface area (Å²) in [7, 11) is 0. The summed E-state index contributed by atoms with van der Waals surface area (Å²) in [5.41, 5.74) is 1.15. The number of hydrogen-bond acceptors (Lipinski definition) is 2. The topological polar surface area (TPSA) is 57.5 Å². The Balaban J connectivity index is 0. The molecule has 3 nitrogen and oxygen atoms in total. The zero-order chi connectivity index (χ0) is 9.28. The van der Waals surface area contributed by atoms with Gasteiger partial charge in [0, 0.05) is 13.5 Å². The molecular formula is C8H16O3. The minimum absolute atomic E-state index is 0.285. The Kier molecular flexibility index (Phi) is 10.7. The van der Waals surface area contributed by atoms with E-state index < -0.39 is 5.97 Å². The molecule has 0 aromatic heterocycles. The molecule has 0 saturated heterocycles. The summed E-state index contributed by atoms with van der Waals surface area (Å²) in [6.07, 6.45) is 1.81. The van der Waals surface area contributed by atoms with E-state index in [0.717, 1.165) is 25.3 Å². The third-order valence-corrected chi connectivity index (χ3v) is 0.762. The summed E-state index contributed by atoms with van der Waals surface area (Å²) in [6, 6.07) is 0. The van der Waals surface area contributed by atoms with E-state index in [9.17, 15) is 0 Å². The van der Waals surface area contributed by atoms with Crippen LogP contribution >= 0.6 is 0 Å². The monoisotopic (exact) mass is 160 g/mol. The number of rotatable bonds is 3. The lowest BCUT2D eigenvalue weighted by molar-refractivity contribution is -0.134. The molecule has 0 unspecified atom stereocenters. The molecule has 11 heavy (non-hydrogen) atoms. The van der Waals surface area contributed by atoms with Crippen LogP contribution in [0.3, 0.4) is 0 Å². The number of carbonyl (C=O) groups is 1. The molecule has 0 aliphatic rings. The van der Waals surface area contributed by atoms with Crippen LogP contribution in [0.4, 0.5) is 0 Å². The highest BCUT2D eigenvalue weighted by molar-refractivity contribution is 5.62. The van der Waals surface area contributed by atoms with Crippen LogP contribution < -0.4 is 0 Å². The fraction of sp³-hybridized carbons (Fsp3) is 0.625. The molecule has 0 saturated carbocycles. The lowest BCUT2D eigenvalue weighted by Gasteiger charge is -1.91. The molecule has 66 valence electrons. The molecule has 0 aromatic carbocycles. The number of aliphatic hydroxyl groups is 1. The smallest absolute Gasteiger partial charge is 0.300 e. The molecular weight excluding hydrogens is 144 g/mol. The summed E-state index contributed by atoms with van der Waals surface area (Å²) in [5, 5.41) is 15.7. The average Bonchev–Trinajstić information content (AvgIpc) is 1.82. The summed E-state index contributed by atoms with van der Waals surface area (Å²) in [5.74, 6) is -0.833. The van der Waals surface area contributed by atoms with Crippen molar-refractivity contribution in [2.24, 2.45) is 0 Å². The van der Waals surface area contributed by atoms with Crippen LogP contribution in [0, 0.1) is 0 Å². The van der Waals surface area contributed by atoms with E-state index in [0.29, 0.717) is 0 Å². The second-order valence-corrected chi connectivity index (χ2v) is 2.30. The first-order chi connectivity index (χ1) is 5.00. The lowest BCUT2D eigenvalue weighted by Crippen LogP contribution is -1.81. The van der Waals surface area contributed by atoms with Gasteiger partial charge >= 0.3 is 0 Å². The van der Waals surface area contributed by atoms with Crippen LogP contribution in [0.1, 0.15) is 26.7 Å². The Morgan fingerprint density at radius 3 is 1.91 bits per heavy atom. The van der Waals surface area contributed by atoms with E-state index in [4.69, 9.17) is 15.0 Å². The number of carboxylic acids is 1. The van der Waals surface area contributed by atoms with E-state index in [2.05, 4.69) is 6.58 Å². The van der Waals surface area contributed by atoms with Crippen LogP contribution in [-0.4, -0.2) is 22.8 Å². The van der Waals surface area contributed by atoms with Gasteiger partial charge in [-0.1, -0.05) is 5.57 Å². The van der Waals surface area contributed by atoms with Gasteiger partial charge < -0.3 is 10.2 Å². The minimum Gasteiger partial charge on any atom is -0.481 e. The number of allylic oxidation sites excluding steroid dienone is 1. The van der Waals surface area contributed by atoms with E-state index in [1.165, 1.54) is 0 Å². The largest absolute Gasteiger partial charge is 0.481 e. The molecule has 0 fully saturated rings. The highest BCUT2D eigenvalue weighted by Gasteiger charge is 1.82. The van der Waals surface area contributed by atoms with Crippen molar-refractivity contribution in [3.63, 3.8) is 0 Å². The Labute approximate surface area is 67.4 Å². The highest BCUT2D eigenvalue weighted by Crippen LogP contribution is 1.97.